The molecule has 1 atom stereocenters. The standard InChI is InChI=1S/C15H15F3N2OS/c1-2-22(21)12-5-3-4-11(15(16,17)18)13(12)14-19-8-9-20(14)10-6-7-10/h3-5,8-10H,2,6-7H2,1H3. The smallest absolute Gasteiger partial charge is 0.328 e. The number of nitrogens with zero attached hydrogens (tertiary/aromatic N) is 2. The summed E-state index contributed by atoms with van der Waals surface area (Å²) in [6.45, 7) is 1.69. The van der Waals surface area contributed by atoms with E-state index < -0.39 is 22.5 Å². The van der Waals surface area contributed by atoms with Gasteiger partial charge in [0, 0.05) is 29.8 Å². The Kier molecular flexibility index (Phi) is 3.84. The van der Waals surface area contributed by atoms with Crippen LogP contribution in [0.4, 0.5) is 13.2 Å². The van der Waals surface area contributed by atoms with Gasteiger partial charge in [0.05, 0.1) is 21.3 Å². The van der Waals surface area contributed by atoms with Gasteiger partial charge in [-0.15, -0.1) is 0 Å². The molecule has 0 N–H and O–H groups in total. The van der Waals surface area contributed by atoms with Crippen LogP contribution in [0.2, 0.25) is 0 Å². The number of aromatic nitrogens is 2. The number of halogens is 3. The number of imidazole rings is 1. The first-order chi connectivity index (χ1) is 10.4. The number of alkyl halides is 3. The topological polar surface area (TPSA) is 34.9 Å². The maximum Gasteiger partial charge on any atom is 0.417 e. The molecule has 1 unspecified atom stereocenters. The lowest BCUT2D eigenvalue weighted by Crippen LogP contribution is -2.12. The van der Waals surface area contributed by atoms with Crippen LogP contribution in [0.5, 0.6) is 0 Å². The summed E-state index contributed by atoms with van der Waals surface area (Å²) in [6, 6.07) is 4.02. The van der Waals surface area contributed by atoms with Crippen LogP contribution >= 0.6 is 0 Å². The lowest BCUT2D eigenvalue weighted by atomic mass is 10.1. The van der Waals surface area contributed by atoms with Crippen LogP contribution in [-0.2, 0) is 17.0 Å². The van der Waals surface area contributed by atoms with Crippen LogP contribution in [0.3, 0.4) is 0 Å². The SMILES string of the molecule is CCS(=O)c1cccc(C(F)(F)F)c1-c1nccn1C1CC1. The van der Waals surface area contributed by atoms with Crippen molar-refractivity contribution in [2.24, 2.45) is 0 Å². The first kappa shape index (κ1) is 15.3. The highest BCUT2D eigenvalue weighted by Crippen LogP contribution is 2.43. The summed E-state index contributed by atoms with van der Waals surface area (Å²) in [6.07, 6.45) is 0.551. The van der Waals surface area contributed by atoms with Crippen molar-refractivity contribution in [3.8, 4) is 11.4 Å². The molecule has 118 valence electrons. The summed E-state index contributed by atoms with van der Waals surface area (Å²) in [5.41, 5.74) is -0.827. The van der Waals surface area contributed by atoms with Gasteiger partial charge < -0.3 is 4.57 Å². The van der Waals surface area contributed by atoms with E-state index in [0.29, 0.717) is 0 Å². The van der Waals surface area contributed by atoms with Gasteiger partial charge in [-0.2, -0.15) is 13.2 Å². The second-order valence-electron chi connectivity index (χ2n) is 5.20. The zero-order chi connectivity index (χ0) is 15.9. The van der Waals surface area contributed by atoms with Gasteiger partial charge in [0.1, 0.15) is 5.82 Å². The van der Waals surface area contributed by atoms with E-state index in [9.17, 15) is 17.4 Å². The summed E-state index contributed by atoms with van der Waals surface area (Å²) >= 11 is 0. The molecular formula is C15H15F3N2OS. The third kappa shape index (κ3) is 2.69. The van der Waals surface area contributed by atoms with E-state index in [-0.39, 0.29) is 28.1 Å². The fourth-order valence-electron chi connectivity index (χ4n) is 2.50. The Balaban J connectivity index is 2.26. The maximum atomic E-state index is 13.4. The van der Waals surface area contributed by atoms with Gasteiger partial charge in [0.25, 0.3) is 0 Å². The quantitative estimate of drug-likeness (QED) is 0.849. The highest BCUT2D eigenvalue weighted by molar-refractivity contribution is 7.85. The molecule has 0 spiro atoms. The van der Waals surface area contributed by atoms with E-state index in [1.165, 1.54) is 18.3 Å². The predicted octanol–water partition coefficient (Wildman–Crippen LogP) is 4.03. The van der Waals surface area contributed by atoms with Crippen molar-refractivity contribution in [1.29, 1.82) is 0 Å². The molecule has 0 radical (unpaired) electrons. The summed E-state index contributed by atoms with van der Waals surface area (Å²) in [5.74, 6) is 0.519. The molecule has 1 fully saturated rings. The number of rotatable bonds is 4. The second kappa shape index (κ2) is 5.53. The average Bonchev–Trinajstić information content (AvgIpc) is 3.22. The lowest BCUT2D eigenvalue weighted by Gasteiger charge is -2.17. The van der Waals surface area contributed by atoms with Gasteiger partial charge in [-0.1, -0.05) is 13.0 Å². The first-order valence-electron chi connectivity index (χ1n) is 7.05. The molecule has 7 heteroatoms. The third-order valence-corrected chi connectivity index (χ3v) is 5.03. The van der Waals surface area contributed by atoms with E-state index >= 15 is 0 Å². The Hall–Kier alpha value is -1.63. The van der Waals surface area contributed by atoms with Crippen LogP contribution in [0.15, 0.2) is 35.5 Å². The van der Waals surface area contributed by atoms with E-state index in [2.05, 4.69) is 4.98 Å². The Labute approximate surface area is 128 Å². The molecule has 3 rings (SSSR count). The molecule has 22 heavy (non-hydrogen) atoms. The highest BCUT2D eigenvalue weighted by atomic mass is 32.2. The molecule has 1 saturated carbocycles. The van der Waals surface area contributed by atoms with Crippen molar-refractivity contribution in [3.05, 3.63) is 36.2 Å². The third-order valence-electron chi connectivity index (χ3n) is 3.67. The molecule has 0 bridgehead atoms. The predicted molar refractivity (Wildman–Crippen MR) is 77.9 cm³/mol. The molecule has 1 aromatic heterocycles. The van der Waals surface area contributed by atoms with Crippen molar-refractivity contribution >= 4 is 10.8 Å². The molecule has 0 saturated heterocycles. The Morgan fingerprint density at radius 2 is 2.09 bits per heavy atom. The Morgan fingerprint density at radius 1 is 1.36 bits per heavy atom. The van der Waals surface area contributed by atoms with Gasteiger partial charge >= 0.3 is 6.18 Å². The van der Waals surface area contributed by atoms with Crippen LogP contribution in [-0.4, -0.2) is 19.5 Å². The molecule has 1 aliphatic carbocycles. The van der Waals surface area contributed by atoms with Crippen LogP contribution in [0.1, 0.15) is 31.4 Å². The molecule has 2 aromatic rings. The summed E-state index contributed by atoms with van der Waals surface area (Å²) in [5, 5.41) is 0. The average molecular weight is 328 g/mol. The zero-order valence-corrected chi connectivity index (χ0v) is 12.7. The number of benzene rings is 1. The molecule has 1 aromatic carbocycles. The molecular weight excluding hydrogens is 313 g/mol. The van der Waals surface area contributed by atoms with Gasteiger partial charge in [-0.05, 0) is 25.0 Å². The number of hydrogen-bond acceptors (Lipinski definition) is 2. The number of hydrogen-bond donors (Lipinski definition) is 0. The Morgan fingerprint density at radius 3 is 2.68 bits per heavy atom. The molecule has 0 aliphatic heterocycles. The fraction of sp³-hybridized carbons (Fsp3) is 0.400. The minimum absolute atomic E-state index is 0.0490. The van der Waals surface area contributed by atoms with Crippen molar-refractivity contribution in [2.75, 3.05) is 5.75 Å². The van der Waals surface area contributed by atoms with E-state index in [4.69, 9.17) is 0 Å². The first-order valence-corrected chi connectivity index (χ1v) is 8.37. The monoisotopic (exact) mass is 328 g/mol. The lowest BCUT2D eigenvalue weighted by molar-refractivity contribution is -0.137. The minimum atomic E-state index is -4.51. The van der Waals surface area contributed by atoms with E-state index in [1.807, 2.05) is 0 Å². The van der Waals surface area contributed by atoms with Crippen LogP contribution in [0.25, 0.3) is 11.4 Å². The van der Waals surface area contributed by atoms with Crippen LogP contribution < -0.4 is 0 Å². The van der Waals surface area contributed by atoms with Crippen molar-refractivity contribution < 1.29 is 17.4 Å². The summed E-state index contributed by atoms with van der Waals surface area (Å²) < 4.78 is 54.2. The van der Waals surface area contributed by atoms with Crippen molar-refractivity contribution in [3.63, 3.8) is 0 Å². The highest BCUT2D eigenvalue weighted by Gasteiger charge is 2.37. The molecule has 0 amide bonds. The fourth-order valence-corrected chi connectivity index (χ4v) is 3.47. The normalized spacial score (nSPS) is 16.7. The van der Waals surface area contributed by atoms with Gasteiger partial charge in [-0.25, -0.2) is 4.98 Å². The van der Waals surface area contributed by atoms with Crippen molar-refractivity contribution in [1.82, 2.24) is 9.55 Å². The Bertz CT molecular complexity index is 720. The largest absolute Gasteiger partial charge is 0.417 e. The van der Waals surface area contributed by atoms with Crippen molar-refractivity contribution in [2.45, 2.75) is 36.9 Å². The minimum Gasteiger partial charge on any atom is -0.328 e. The zero-order valence-electron chi connectivity index (χ0n) is 11.9. The van der Waals surface area contributed by atoms with Gasteiger partial charge in [0.15, 0.2) is 0 Å². The van der Waals surface area contributed by atoms with E-state index in [1.54, 1.807) is 17.7 Å². The van der Waals surface area contributed by atoms with E-state index in [0.717, 1.165) is 18.9 Å². The maximum absolute atomic E-state index is 13.4. The molecule has 1 aliphatic rings. The molecule has 1 heterocycles. The second-order valence-corrected chi connectivity index (χ2v) is 6.91. The molecule has 3 nitrogen and oxygen atoms in total. The van der Waals surface area contributed by atoms with Gasteiger partial charge in [-0.3, -0.25) is 4.21 Å². The van der Waals surface area contributed by atoms with Gasteiger partial charge in [0.2, 0.25) is 0 Å². The van der Waals surface area contributed by atoms with Crippen LogP contribution in [0, 0.1) is 0 Å². The summed E-state index contributed by atoms with van der Waals surface area (Å²) in [4.78, 5) is 4.33. The summed E-state index contributed by atoms with van der Waals surface area (Å²) in [7, 11) is -1.49.